The molecule has 36 heavy (non-hydrogen) atoms. The van der Waals surface area contributed by atoms with Crippen LogP contribution in [0.5, 0.6) is 5.75 Å². The van der Waals surface area contributed by atoms with E-state index < -0.39 is 35.7 Å². The van der Waals surface area contributed by atoms with E-state index in [4.69, 9.17) is 14.2 Å². The van der Waals surface area contributed by atoms with Gasteiger partial charge in [-0.1, -0.05) is 36.1 Å². The van der Waals surface area contributed by atoms with Crippen LogP contribution in [0.3, 0.4) is 0 Å². The molecule has 0 aromatic heterocycles. The molecule has 0 heterocycles. The normalized spacial score (nSPS) is 11.6. The largest absolute Gasteiger partial charge is 0.497 e. The SMILES string of the molecule is COc1ccc(C(NC(=O)OC(C)(C)C)C(=C=C(C)C(=O)Nc2ccccc2)C(=O)OC(C)C)cc1. The molecule has 0 aliphatic heterocycles. The van der Waals surface area contributed by atoms with Gasteiger partial charge in [0.1, 0.15) is 16.9 Å². The van der Waals surface area contributed by atoms with Gasteiger partial charge in [0, 0.05) is 5.69 Å². The standard InChI is InChI=1S/C28H34N2O6/c1-18(2)35-26(32)23(17-19(3)25(31)29-21-11-9-8-10-12-21)24(30-27(33)36-28(4,5)6)20-13-15-22(34-7)16-14-20/h8-16,18,24H,1-7H3,(H,29,31)(H,30,33). The van der Waals surface area contributed by atoms with Crippen LogP contribution in [0.15, 0.2) is 71.5 Å². The third-order valence-corrected chi connectivity index (χ3v) is 4.66. The number of amides is 2. The minimum atomic E-state index is -1.02. The molecular formula is C28H34N2O6. The van der Waals surface area contributed by atoms with Gasteiger partial charge in [0.05, 0.1) is 24.8 Å². The quantitative estimate of drug-likeness (QED) is 0.292. The first-order valence-electron chi connectivity index (χ1n) is 11.6. The molecule has 2 N–H and O–H groups in total. The Morgan fingerprint density at radius 2 is 1.56 bits per heavy atom. The van der Waals surface area contributed by atoms with Gasteiger partial charge in [-0.15, -0.1) is 0 Å². The first-order chi connectivity index (χ1) is 16.9. The molecule has 0 saturated heterocycles. The van der Waals surface area contributed by atoms with Gasteiger partial charge in [-0.2, -0.15) is 0 Å². The van der Waals surface area contributed by atoms with Crippen molar-refractivity contribution in [3.05, 3.63) is 77.0 Å². The minimum absolute atomic E-state index is 0.0552. The zero-order valence-corrected chi connectivity index (χ0v) is 21.8. The lowest BCUT2D eigenvalue weighted by Crippen LogP contribution is -2.37. The lowest BCUT2D eigenvalue weighted by atomic mass is 9.98. The number of nitrogens with one attached hydrogen (secondary N) is 2. The Morgan fingerprint density at radius 3 is 2.08 bits per heavy atom. The van der Waals surface area contributed by atoms with Crippen LogP contribution in [0, 0.1) is 0 Å². The van der Waals surface area contributed by atoms with Crippen molar-refractivity contribution in [1.82, 2.24) is 5.32 Å². The highest BCUT2D eigenvalue weighted by atomic mass is 16.6. The summed E-state index contributed by atoms with van der Waals surface area (Å²) in [5.41, 5.74) is 3.32. The van der Waals surface area contributed by atoms with Crippen LogP contribution >= 0.6 is 0 Å². The van der Waals surface area contributed by atoms with E-state index in [1.54, 1.807) is 83.1 Å². The summed E-state index contributed by atoms with van der Waals surface area (Å²) in [6.45, 7) is 10.1. The maximum absolute atomic E-state index is 13.2. The molecule has 0 bridgehead atoms. The minimum Gasteiger partial charge on any atom is -0.497 e. The van der Waals surface area contributed by atoms with E-state index in [1.807, 2.05) is 6.07 Å². The number of benzene rings is 2. The highest BCUT2D eigenvalue weighted by Gasteiger charge is 2.29. The molecule has 2 aromatic carbocycles. The van der Waals surface area contributed by atoms with Crippen molar-refractivity contribution >= 4 is 23.7 Å². The number of hydrogen-bond donors (Lipinski definition) is 2. The van der Waals surface area contributed by atoms with Crippen LogP contribution in [0.1, 0.15) is 53.1 Å². The molecule has 0 saturated carbocycles. The Labute approximate surface area is 212 Å². The summed E-state index contributed by atoms with van der Waals surface area (Å²) in [4.78, 5) is 38.8. The van der Waals surface area contributed by atoms with E-state index in [0.717, 1.165) is 0 Å². The van der Waals surface area contributed by atoms with E-state index in [2.05, 4.69) is 16.4 Å². The Morgan fingerprint density at radius 1 is 0.944 bits per heavy atom. The predicted octanol–water partition coefficient (Wildman–Crippen LogP) is 5.32. The van der Waals surface area contributed by atoms with Crippen LogP contribution < -0.4 is 15.4 Å². The molecule has 0 aliphatic carbocycles. The fourth-order valence-electron chi connectivity index (χ4n) is 3.07. The first-order valence-corrected chi connectivity index (χ1v) is 11.6. The third kappa shape index (κ3) is 8.96. The van der Waals surface area contributed by atoms with Crippen molar-refractivity contribution in [2.45, 2.75) is 59.3 Å². The van der Waals surface area contributed by atoms with Gasteiger partial charge < -0.3 is 24.8 Å². The number of hydrogen-bond acceptors (Lipinski definition) is 6. The van der Waals surface area contributed by atoms with Crippen molar-refractivity contribution in [1.29, 1.82) is 0 Å². The molecule has 0 radical (unpaired) electrons. The molecule has 0 aliphatic rings. The van der Waals surface area contributed by atoms with Gasteiger partial charge in [0.15, 0.2) is 0 Å². The van der Waals surface area contributed by atoms with Crippen LogP contribution in [0.4, 0.5) is 10.5 Å². The number of carbonyl (C=O) groups is 3. The highest BCUT2D eigenvalue weighted by Crippen LogP contribution is 2.26. The molecule has 8 heteroatoms. The zero-order valence-electron chi connectivity index (χ0n) is 21.8. The van der Waals surface area contributed by atoms with Crippen molar-refractivity contribution in [3.63, 3.8) is 0 Å². The van der Waals surface area contributed by atoms with Gasteiger partial charge in [0.25, 0.3) is 5.91 Å². The van der Waals surface area contributed by atoms with E-state index in [1.165, 1.54) is 14.0 Å². The third-order valence-electron chi connectivity index (χ3n) is 4.66. The average Bonchev–Trinajstić information content (AvgIpc) is 2.80. The van der Waals surface area contributed by atoms with Gasteiger partial charge in [-0.25, -0.2) is 9.59 Å². The topological polar surface area (TPSA) is 103 Å². The van der Waals surface area contributed by atoms with Crippen LogP contribution in [-0.2, 0) is 19.1 Å². The molecule has 0 spiro atoms. The summed E-state index contributed by atoms with van der Waals surface area (Å²) in [6, 6.07) is 14.7. The second kappa shape index (κ2) is 12.6. The maximum atomic E-state index is 13.2. The summed E-state index contributed by atoms with van der Waals surface area (Å²) in [5.74, 6) is -0.588. The Kier molecular flexibility index (Phi) is 9.88. The Hall–Kier alpha value is -4.03. The lowest BCUT2D eigenvalue weighted by molar-refractivity contribution is -0.143. The first kappa shape index (κ1) is 28.2. The van der Waals surface area contributed by atoms with Crippen molar-refractivity contribution in [2.75, 3.05) is 12.4 Å². The maximum Gasteiger partial charge on any atom is 0.408 e. The summed E-state index contributed by atoms with van der Waals surface area (Å²) >= 11 is 0. The predicted molar refractivity (Wildman–Crippen MR) is 138 cm³/mol. The molecule has 192 valence electrons. The second-order valence-corrected chi connectivity index (χ2v) is 9.29. The van der Waals surface area contributed by atoms with Crippen LogP contribution in [0.2, 0.25) is 0 Å². The van der Waals surface area contributed by atoms with E-state index in [0.29, 0.717) is 17.0 Å². The number of alkyl carbamates (subject to hydrolysis) is 1. The number of methoxy groups -OCH3 is 1. The molecule has 2 rings (SSSR count). The molecule has 1 atom stereocenters. The van der Waals surface area contributed by atoms with Crippen LogP contribution in [-0.4, -0.2) is 36.8 Å². The fraction of sp³-hybridized carbons (Fsp3) is 0.357. The summed E-state index contributed by atoms with van der Waals surface area (Å²) < 4.78 is 16.1. The Bertz CT molecular complexity index is 1120. The number of ether oxygens (including phenoxy) is 3. The van der Waals surface area contributed by atoms with Crippen LogP contribution in [0.25, 0.3) is 0 Å². The Balaban J connectivity index is 2.60. The number of carbonyl (C=O) groups excluding carboxylic acids is 3. The van der Waals surface area contributed by atoms with Crippen molar-refractivity contribution in [3.8, 4) is 5.75 Å². The second-order valence-electron chi connectivity index (χ2n) is 9.29. The number of rotatable bonds is 8. The van der Waals surface area contributed by atoms with Crippen molar-refractivity contribution in [2.24, 2.45) is 0 Å². The van der Waals surface area contributed by atoms with Gasteiger partial charge in [0.2, 0.25) is 0 Å². The number of esters is 1. The summed E-state index contributed by atoms with van der Waals surface area (Å²) in [6.07, 6.45) is -1.18. The van der Waals surface area contributed by atoms with E-state index in [9.17, 15) is 14.4 Å². The number of anilines is 1. The van der Waals surface area contributed by atoms with Crippen molar-refractivity contribution < 1.29 is 28.6 Å². The van der Waals surface area contributed by atoms with Gasteiger partial charge >= 0.3 is 12.1 Å². The smallest absolute Gasteiger partial charge is 0.408 e. The molecule has 2 amide bonds. The summed E-state index contributed by atoms with van der Waals surface area (Å²) in [5, 5.41) is 5.49. The molecule has 8 nitrogen and oxygen atoms in total. The van der Waals surface area contributed by atoms with Gasteiger partial charge in [-0.05, 0) is 71.4 Å². The monoisotopic (exact) mass is 494 g/mol. The molecule has 0 fully saturated rings. The molecule has 2 aromatic rings. The average molecular weight is 495 g/mol. The fourth-order valence-corrected chi connectivity index (χ4v) is 3.07. The van der Waals surface area contributed by atoms with Gasteiger partial charge in [-0.3, -0.25) is 4.79 Å². The zero-order chi connectivity index (χ0) is 26.9. The summed E-state index contributed by atoms with van der Waals surface area (Å²) in [7, 11) is 1.54. The highest BCUT2D eigenvalue weighted by molar-refractivity contribution is 6.04. The van der Waals surface area contributed by atoms with E-state index >= 15 is 0 Å². The molecule has 1 unspecified atom stereocenters. The number of para-hydroxylation sites is 1. The van der Waals surface area contributed by atoms with E-state index in [-0.39, 0.29) is 11.1 Å². The lowest BCUT2D eigenvalue weighted by Gasteiger charge is -2.25. The molecular weight excluding hydrogens is 460 g/mol.